The molecule has 0 bridgehead atoms. The van der Waals surface area contributed by atoms with Gasteiger partial charge in [-0.25, -0.2) is 9.37 Å². The first-order valence-corrected chi connectivity index (χ1v) is 7.96. The minimum Gasteiger partial charge on any atom is -0.335 e. The molecule has 1 aromatic heterocycles. The zero-order chi connectivity index (χ0) is 15.0. The first kappa shape index (κ1) is 14.2. The lowest BCUT2D eigenvalue weighted by atomic mass is 10.2. The third-order valence-electron chi connectivity index (χ3n) is 3.67. The van der Waals surface area contributed by atoms with E-state index in [4.69, 9.17) is 0 Å². The number of thiazole rings is 1. The highest BCUT2D eigenvalue weighted by Gasteiger charge is 2.33. The fraction of sp³-hybridized carbons (Fsp3) is 0.375. The van der Waals surface area contributed by atoms with Crippen molar-refractivity contribution in [2.45, 2.75) is 32.7 Å². The second-order valence-corrected chi connectivity index (χ2v) is 6.26. The Morgan fingerprint density at radius 3 is 2.62 bits per heavy atom. The highest BCUT2D eigenvalue weighted by molar-refractivity contribution is 7.17. The second-order valence-electron chi connectivity index (χ2n) is 5.26. The predicted molar refractivity (Wildman–Crippen MR) is 82.0 cm³/mol. The fourth-order valence-corrected chi connectivity index (χ4v) is 3.42. The minimum atomic E-state index is -0.269. The summed E-state index contributed by atoms with van der Waals surface area (Å²) in [5.74, 6) is -0.197. The third kappa shape index (κ3) is 2.83. The van der Waals surface area contributed by atoms with Crippen LogP contribution in [0, 0.1) is 12.7 Å². The molecule has 0 aliphatic heterocycles. The third-order valence-corrected chi connectivity index (χ3v) is 4.87. The molecule has 0 saturated heterocycles. The van der Waals surface area contributed by atoms with Crippen molar-refractivity contribution in [2.24, 2.45) is 0 Å². The van der Waals surface area contributed by atoms with E-state index in [-0.39, 0.29) is 11.7 Å². The molecule has 0 N–H and O–H groups in total. The smallest absolute Gasteiger partial charge is 0.266 e. The number of benzene rings is 1. The van der Waals surface area contributed by atoms with Crippen molar-refractivity contribution in [3.05, 3.63) is 40.7 Å². The molecule has 1 fully saturated rings. The summed E-state index contributed by atoms with van der Waals surface area (Å²) in [7, 11) is 0. The summed E-state index contributed by atoms with van der Waals surface area (Å²) in [6.45, 7) is 4.59. The number of hydrogen-bond donors (Lipinski definition) is 0. The Morgan fingerprint density at radius 1 is 1.38 bits per heavy atom. The Hall–Kier alpha value is -1.75. The van der Waals surface area contributed by atoms with Crippen LogP contribution in [-0.2, 0) is 0 Å². The van der Waals surface area contributed by atoms with E-state index < -0.39 is 0 Å². The van der Waals surface area contributed by atoms with Gasteiger partial charge in [0.25, 0.3) is 5.91 Å². The van der Waals surface area contributed by atoms with Crippen LogP contribution >= 0.6 is 11.3 Å². The van der Waals surface area contributed by atoms with E-state index in [1.54, 1.807) is 12.1 Å². The maximum Gasteiger partial charge on any atom is 0.266 e. The van der Waals surface area contributed by atoms with Gasteiger partial charge in [-0.1, -0.05) is 0 Å². The van der Waals surface area contributed by atoms with Gasteiger partial charge in [0, 0.05) is 18.2 Å². The van der Waals surface area contributed by atoms with Crippen molar-refractivity contribution in [1.29, 1.82) is 0 Å². The van der Waals surface area contributed by atoms with Gasteiger partial charge in [-0.3, -0.25) is 4.79 Å². The van der Waals surface area contributed by atoms with Crippen molar-refractivity contribution >= 4 is 17.2 Å². The SMILES string of the molecule is CCN(C(=O)c1sc(-c2ccc(F)cc2)nc1C)C1CC1. The average Bonchev–Trinajstić information content (AvgIpc) is 3.22. The molecule has 1 amide bonds. The Kier molecular flexibility index (Phi) is 3.76. The summed E-state index contributed by atoms with van der Waals surface area (Å²) in [4.78, 5) is 19.7. The standard InChI is InChI=1S/C16H17FN2OS/c1-3-19(13-8-9-13)16(20)14-10(2)18-15(21-14)11-4-6-12(17)7-5-11/h4-7,13H,3,8-9H2,1-2H3. The topological polar surface area (TPSA) is 33.2 Å². The van der Waals surface area contributed by atoms with Gasteiger partial charge < -0.3 is 4.90 Å². The molecule has 1 saturated carbocycles. The molecule has 2 aromatic rings. The summed E-state index contributed by atoms with van der Waals surface area (Å²) in [6, 6.07) is 6.62. The van der Waals surface area contributed by atoms with Gasteiger partial charge in [-0.2, -0.15) is 0 Å². The summed E-state index contributed by atoms with van der Waals surface area (Å²) in [6.07, 6.45) is 2.20. The van der Waals surface area contributed by atoms with E-state index in [0.717, 1.165) is 35.7 Å². The molecule has 1 aromatic carbocycles. The van der Waals surface area contributed by atoms with Crippen LogP contribution in [0.5, 0.6) is 0 Å². The van der Waals surface area contributed by atoms with Crippen molar-refractivity contribution in [3.63, 3.8) is 0 Å². The predicted octanol–water partition coefficient (Wildman–Crippen LogP) is 3.88. The molecule has 0 atom stereocenters. The molecule has 1 aliphatic rings. The van der Waals surface area contributed by atoms with Crippen LogP contribution in [0.25, 0.3) is 10.6 Å². The molecule has 0 radical (unpaired) electrons. The molecule has 3 rings (SSSR count). The maximum atomic E-state index is 13.0. The van der Waals surface area contributed by atoms with Crippen LogP contribution in [0.2, 0.25) is 0 Å². The molecule has 3 nitrogen and oxygen atoms in total. The molecule has 1 heterocycles. The highest BCUT2D eigenvalue weighted by Crippen LogP contribution is 2.32. The van der Waals surface area contributed by atoms with E-state index in [9.17, 15) is 9.18 Å². The number of halogens is 1. The molecule has 0 spiro atoms. The second kappa shape index (κ2) is 5.56. The lowest BCUT2D eigenvalue weighted by molar-refractivity contribution is 0.0756. The van der Waals surface area contributed by atoms with Gasteiger partial charge in [-0.05, 0) is 51.0 Å². The number of nitrogens with zero attached hydrogens (tertiary/aromatic N) is 2. The summed E-state index contributed by atoms with van der Waals surface area (Å²) in [5.41, 5.74) is 1.60. The number of hydrogen-bond acceptors (Lipinski definition) is 3. The number of aromatic nitrogens is 1. The van der Waals surface area contributed by atoms with Gasteiger partial charge >= 0.3 is 0 Å². The van der Waals surface area contributed by atoms with Gasteiger partial charge in [0.05, 0.1) is 5.69 Å². The van der Waals surface area contributed by atoms with Crippen LogP contribution in [-0.4, -0.2) is 28.4 Å². The first-order valence-electron chi connectivity index (χ1n) is 7.14. The maximum absolute atomic E-state index is 13.0. The zero-order valence-corrected chi connectivity index (χ0v) is 12.9. The van der Waals surface area contributed by atoms with Crippen molar-refractivity contribution < 1.29 is 9.18 Å². The Balaban J connectivity index is 1.90. The van der Waals surface area contributed by atoms with E-state index in [1.807, 2.05) is 18.7 Å². The van der Waals surface area contributed by atoms with Crippen molar-refractivity contribution in [3.8, 4) is 10.6 Å². The van der Waals surface area contributed by atoms with E-state index in [0.29, 0.717) is 10.9 Å². The number of amides is 1. The van der Waals surface area contributed by atoms with E-state index in [1.165, 1.54) is 23.5 Å². The summed E-state index contributed by atoms with van der Waals surface area (Å²) < 4.78 is 13.0. The quantitative estimate of drug-likeness (QED) is 0.858. The van der Waals surface area contributed by atoms with Crippen molar-refractivity contribution in [1.82, 2.24) is 9.88 Å². The lowest BCUT2D eigenvalue weighted by Crippen LogP contribution is -2.32. The number of carbonyl (C=O) groups is 1. The summed E-state index contributed by atoms with van der Waals surface area (Å²) in [5, 5.41) is 0.766. The molecule has 0 unspecified atom stereocenters. The monoisotopic (exact) mass is 304 g/mol. The molecular formula is C16H17FN2OS. The van der Waals surface area contributed by atoms with Crippen LogP contribution in [0.1, 0.15) is 35.1 Å². The average molecular weight is 304 g/mol. The minimum absolute atomic E-state index is 0.0726. The zero-order valence-electron chi connectivity index (χ0n) is 12.1. The molecule has 21 heavy (non-hydrogen) atoms. The van der Waals surface area contributed by atoms with Gasteiger partial charge in [-0.15, -0.1) is 11.3 Å². The van der Waals surface area contributed by atoms with Crippen LogP contribution < -0.4 is 0 Å². The number of aryl methyl sites for hydroxylation is 1. The normalized spacial score (nSPS) is 14.2. The van der Waals surface area contributed by atoms with E-state index in [2.05, 4.69) is 4.98 Å². The van der Waals surface area contributed by atoms with Crippen LogP contribution in [0.3, 0.4) is 0 Å². The van der Waals surface area contributed by atoms with Crippen LogP contribution in [0.4, 0.5) is 4.39 Å². The summed E-state index contributed by atoms with van der Waals surface area (Å²) >= 11 is 1.39. The number of rotatable bonds is 4. The molecule has 1 aliphatic carbocycles. The fourth-order valence-electron chi connectivity index (χ4n) is 2.40. The highest BCUT2D eigenvalue weighted by atomic mass is 32.1. The Morgan fingerprint density at radius 2 is 2.05 bits per heavy atom. The molecule has 110 valence electrons. The van der Waals surface area contributed by atoms with Gasteiger partial charge in [0.1, 0.15) is 15.7 Å². The Labute approximate surface area is 127 Å². The van der Waals surface area contributed by atoms with Crippen molar-refractivity contribution in [2.75, 3.05) is 6.54 Å². The van der Waals surface area contributed by atoms with Crippen LogP contribution in [0.15, 0.2) is 24.3 Å². The van der Waals surface area contributed by atoms with Gasteiger partial charge in [0.2, 0.25) is 0 Å². The largest absolute Gasteiger partial charge is 0.335 e. The van der Waals surface area contributed by atoms with Gasteiger partial charge in [0.15, 0.2) is 0 Å². The number of carbonyl (C=O) groups excluding carboxylic acids is 1. The Bertz CT molecular complexity index is 661. The molecular weight excluding hydrogens is 287 g/mol. The van der Waals surface area contributed by atoms with E-state index >= 15 is 0 Å². The molecule has 5 heteroatoms. The lowest BCUT2D eigenvalue weighted by Gasteiger charge is -2.19. The first-order chi connectivity index (χ1) is 10.1.